The van der Waals surface area contributed by atoms with Gasteiger partial charge in [0.05, 0.1) is 7.11 Å². The summed E-state index contributed by atoms with van der Waals surface area (Å²) < 4.78 is 5.42. The van der Waals surface area contributed by atoms with Crippen molar-refractivity contribution >= 4 is 11.5 Å². The Morgan fingerprint density at radius 3 is 2.70 bits per heavy atom. The Bertz CT molecular complexity index is 723. The van der Waals surface area contributed by atoms with Crippen LogP contribution in [0.3, 0.4) is 0 Å². The van der Waals surface area contributed by atoms with Gasteiger partial charge < -0.3 is 10.1 Å². The van der Waals surface area contributed by atoms with Gasteiger partial charge in [-0.05, 0) is 87.7 Å². The van der Waals surface area contributed by atoms with E-state index in [0.29, 0.717) is 18.0 Å². The van der Waals surface area contributed by atoms with Crippen LogP contribution < -0.4 is 10.1 Å². The quantitative estimate of drug-likeness (QED) is 0.822. The highest BCUT2D eigenvalue weighted by molar-refractivity contribution is 6.02. The maximum absolute atomic E-state index is 13.0. The van der Waals surface area contributed by atoms with Crippen LogP contribution in [0.25, 0.3) is 5.57 Å². The molecule has 0 radical (unpaired) electrons. The highest BCUT2D eigenvalue weighted by Gasteiger charge is 2.32. The lowest BCUT2D eigenvalue weighted by molar-refractivity contribution is -0.117. The Kier molecular flexibility index (Phi) is 6.25. The fourth-order valence-corrected chi connectivity index (χ4v) is 4.95. The van der Waals surface area contributed by atoms with Gasteiger partial charge in [0, 0.05) is 24.2 Å². The molecule has 0 spiro atoms. The molecule has 2 aliphatic rings. The number of ether oxygens (including phenoxy) is 1. The number of nitrogens with one attached hydrogen (secondary N) is 1. The molecule has 2 unspecified atom stereocenters. The zero-order valence-corrected chi connectivity index (χ0v) is 17.5. The Balaban J connectivity index is 2.05. The molecular formula is C23H34N2O2. The topological polar surface area (TPSA) is 41.6 Å². The molecule has 0 saturated heterocycles. The predicted molar refractivity (Wildman–Crippen MR) is 111 cm³/mol. The number of carbonyl (C=O) groups excluding carboxylic acids is 1. The second kappa shape index (κ2) is 8.47. The molecule has 148 valence electrons. The number of carbonyl (C=O) groups is 1. The molecule has 27 heavy (non-hydrogen) atoms. The van der Waals surface area contributed by atoms with Crippen molar-refractivity contribution in [1.29, 1.82) is 0 Å². The third-order valence-electron chi connectivity index (χ3n) is 6.24. The van der Waals surface area contributed by atoms with E-state index in [0.717, 1.165) is 50.1 Å². The number of rotatable bonds is 6. The maximum Gasteiger partial charge on any atom is 0.247 e. The Labute approximate surface area is 164 Å². The molecule has 1 amide bonds. The summed E-state index contributed by atoms with van der Waals surface area (Å²) in [6, 6.07) is 7.16. The zero-order valence-electron chi connectivity index (χ0n) is 17.5. The first-order chi connectivity index (χ1) is 13.0. The predicted octanol–water partition coefficient (Wildman–Crippen LogP) is 4.04. The zero-order chi connectivity index (χ0) is 19.6. The van der Waals surface area contributed by atoms with E-state index in [1.165, 1.54) is 16.7 Å². The molecule has 1 aliphatic carbocycles. The smallest absolute Gasteiger partial charge is 0.247 e. The van der Waals surface area contributed by atoms with Crippen molar-refractivity contribution in [2.24, 2.45) is 5.92 Å². The van der Waals surface area contributed by atoms with Gasteiger partial charge in [-0.15, -0.1) is 0 Å². The monoisotopic (exact) mass is 370 g/mol. The standard InChI is InChI=1S/C23H34N2O2/c1-6-25(15(2)3)16(4)13-21-22-17(11-12-24-23(21)26)7-8-18-14-19(27-5)9-10-20(18)22/h9-10,14-17H,6-8,11-13H2,1-5H3,(H,24,26). The molecule has 0 fully saturated rings. The average Bonchev–Trinajstić information content (AvgIpc) is 2.80. The molecule has 0 bridgehead atoms. The highest BCUT2D eigenvalue weighted by atomic mass is 16.5. The Morgan fingerprint density at radius 1 is 1.26 bits per heavy atom. The van der Waals surface area contributed by atoms with Crippen LogP contribution in [0.15, 0.2) is 23.8 Å². The number of amides is 1. The number of hydrogen-bond donors (Lipinski definition) is 1. The van der Waals surface area contributed by atoms with Gasteiger partial charge in [0.1, 0.15) is 5.75 Å². The number of benzene rings is 1. The van der Waals surface area contributed by atoms with E-state index < -0.39 is 0 Å². The van der Waals surface area contributed by atoms with Crippen molar-refractivity contribution in [1.82, 2.24) is 10.2 Å². The second-order valence-corrected chi connectivity index (χ2v) is 8.17. The van der Waals surface area contributed by atoms with E-state index in [1.807, 2.05) is 6.07 Å². The van der Waals surface area contributed by atoms with E-state index in [4.69, 9.17) is 4.74 Å². The highest BCUT2D eigenvalue weighted by Crippen LogP contribution is 2.42. The van der Waals surface area contributed by atoms with Crippen molar-refractivity contribution in [2.45, 2.75) is 65.5 Å². The number of methoxy groups -OCH3 is 1. The van der Waals surface area contributed by atoms with Crippen molar-refractivity contribution in [3.8, 4) is 5.75 Å². The first-order valence-electron chi connectivity index (χ1n) is 10.4. The first-order valence-corrected chi connectivity index (χ1v) is 10.4. The minimum Gasteiger partial charge on any atom is -0.497 e. The molecule has 4 nitrogen and oxygen atoms in total. The van der Waals surface area contributed by atoms with Crippen LogP contribution in [-0.4, -0.2) is 43.1 Å². The number of allylic oxidation sites excluding steroid dienone is 1. The summed E-state index contributed by atoms with van der Waals surface area (Å²) in [5.41, 5.74) is 4.87. The molecule has 1 heterocycles. The molecule has 0 aromatic heterocycles. The Morgan fingerprint density at radius 2 is 2.04 bits per heavy atom. The van der Waals surface area contributed by atoms with Crippen LogP contribution in [-0.2, 0) is 11.2 Å². The number of fused-ring (bicyclic) bond motifs is 3. The van der Waals surface area contributed by atoms with Crippen LogP contribution in [0.4, 0.5) is 0 Å². The molecule has 4 heteroatoms. The van der Waals surface area contributed by atoms with Gasteiger partial charge in [-0.2, -0.15) is 0 Å². The van der Waals surface area contributed by atoms with E-state index >= 15 is 0 Å². The van der Waals surface area contributed by atoms with Gasteiger partial charge in [-0.3, -0.25) is 9.69 Å². The minimum absolute atomic E-state index is 0.128. The molecule has 1 N–H and O–H groups in total. The van der Waals surface area contributed by atoms with Crippen LogP contribution >= 0.6 is 0 Å². The second-order valence-electron chi connectivity index (χ2n) is 8.17. The normalized spacial score (nSPS) is 20.9. The van der Waals surface area contributed by atoms with Gasteiger partial charge in [0.25, 0.3) is 0 Å². The number of nitrogens with zero attached hydrogens (tertiary/aromatic N) is 1. The van der Waals surface area contributed by atoms with Crippen LogP contribution in [0.5, 0.6) is 5.75 Å². The largest absolute Gasteiger partial charge is 0.497 e. The summed E-state index contributed by atoms with van der Waals surface area (Å²) in [7, 11) is 1.71. The molecule has 0 saturated carbocycles. The van der Waals surface area contributed by atoms with E-state index in [9.17, 15) is 4.79 Å². The number of aryl methyl sites for hydroxylation is 1. The lowest BCUT2D eigenvalue weighted by Crippen LogP contribution is -2.40. The molecule has 3 rings (SSSR count). The first kappa shape index (κ1) is 19.9. The van der Waals surface area contributed by atoms with E-state index in [2.05, 4.69) is 50.0 Å². The Hall–Kier alpha value is -1.81. The van der Waals surface area contributed by atoms with Crippen molar-refractivity contribution in [3.63, 3.8) is 0 Å². The van der Waals surface area contributed by atoms with Gasteiger partial charge in [0.15, 0.2) is 0 Å². The molecule has 2 atom stereocenters. The van der Waals surface area contributed by atoms with Crippen LogP contribution in [0.2, 0.25) is 0 Å². The molecule has 1 aromatic carbocycles. The van der Waals surface area contributed by atoms with Crippen molar-refractivity contribution in [2.75, 3.05) is 20.2 Å². The average molecular weight is 371 g/mol. The minimum atomic E-state index is 0.128. The summed E-state index contributed by atoms with van der Waals surface area (Å²) in [5, 5.41) is 3.16. The lowest BCUT2D eigenvalue weighted by Gasteiger charge is -2.34. The van der Waals surface area contributed by atoms with Gasteiger partial charge in [-0.25, -0.2) is 0 Å². The molecule has 1 aliphatic heterocycles. The molecule has 1 aromatic rings. The van der Waals surface area contributed by atoms with Crippen LogP contribution in [0, 0.1) is 5.92 Å². The summed E-state index contributed by atoms with van der Waals surface area (Å²) in [5.74, 6) is 1.50. The van der Waals surface area contributed by atoms with Gasteiger partial charge >= 0.3 is 0 Å². The maximum atomic E-state index is 13.0. The van der Waals surface area contributed by atoms with E-state index in [-0.39, 0.29) is 5.91 Å². The third kappa shape index (κ3) is 4.06. The molecular weight excluding hydrogens is 336 g/mol. The van der Waals surface area contributed by atoms with Gasteiger partial charge in [-0.1, -0.05) is 13.0 Å². The SMILES string of the molecule is CCN(C(C)C)C(C)CC1=C2c3ccc(OC)cc3CCC2CCNC1=O. The lowest BCUT2D eigenvalue weighted by atomic mass is 9.75. The van der Waals surface area contributed by atoms with Crippen molar-refractivity contribution in [3.05, 3.63) is 34.9 Å². The van der Waals surface area contributed by atoms with Crippen LogP contribution in [0.1, 0.15) is 58.1 Å². The summed E-state index contributed by atoms with van der Waals surface area (Å²) in [6.07, 6.45) is 4.01. The fourth-order valence-electron chi connectivity index (χ4n) is 4.95. The summed E-state index contributed by atoms with van der Waals surface area (Å²) >= 11 is 0. The van der Waals surface area contributed by atoms with Crippen molar-refractivity contribution < 1.29 is 9.53 Å². The third-order valence-corrected chi connectivity index (χ3v) is 6.24. The summed E-state index contributed by atoms with van der Waals surface area (Å²) in [6.45, 7) is 10.7. The summed E-state index contributed by atoms with van der Waals surface area (Å²) in [4.78, 5) is 15.5. The number of hydrogen-bond acceptors (Lipinski definition) is 3. The van der Waals surface area contributed by atoms with E-state index in [1.54, 1.807) is 7.11 Å². The fraction of sp³-hybridized carbons (Fsp3) is 0.609. The van der Waals surface area contributed by atoms with Gasteiger partial charge in [0.2, 0.25) is 5.91 Å².